The Hall–Kier alpha value is -2.00. The van der Waals surface area contributed by atoms with Crippen LogP contribution in [0.25, 0.3) is 0 Å². The first-order valence-corrected chi connectivity index (χ1v) is 8.69. The predicted molar refractivity (Wildman–Crippen MR) is 81.0 cm³/mol. The van der Waals surface area contributed by atoms with E-state index >= 15 is 0 Å². The molecule has 1 aliphatic rings. The maximum absolute atomic E-state index is 12.4. The molecule has 0 aliphatic carbocycles. The topological polar surface area (TPSA) is 117 Å². The van der Waals surface area contributed by atoms with E-state index in [1.165, 1.54) is 29.7 Å². The highest BCUT2D eigenvalue weighted by molar-refractivity contribution is 7.89. The van der Waals surface area contributed by atoms with E-state index in [1.54, 1.807) is 6.07 Å². The summed E-state index contributed by atoms with van der Waals surface area (Å²) in [5.74, 6) is -1.83. The van der Waals surface area contributed by atoms with Gasteiger partial charge in [-0.2, -0.15) is 4.31 Å². The molecule has 1 aromatic rings. The Morgan fingerprint density at radius 1 is 1.39 bits per heavy atom. The van der Waals surface area contributed by atoms with Crippen molar-refractivity contribution in [1.29, 1.82) is 0 Å². The fourth-order valence-corrected chi connectivity index (χ4v) is 3.83. The number of aromatic nitrogens is 1. The Bertz CT molecular complexity index is 669. The predicted octanol–water partition coefficient (Wildman–Crippen LogP) is 0.0716. The Morgan fingerprint density at radius 3 is 2.57 bits per heavy atom. The summed E-state index contributed by atoms with van der Waals surface area (Å²) in [6.07, 6.45) is 3.51. The van der Waals surface area contributed by atoms with E-state index in [0.717, 1.165) is 0 Å². The van der Waals surface area contributed by atoms with Gasteiger partial charge >= 0.3 is 5.97 Å². The van der Waals surface area contributed by atoms with Crippen molar-refractivity contribution in [1.82, 2.24) is 14.6 Å². The Morgan fingerprint density at radius 2 is 2.04 bits per heavy atom. The van der Waals surface area contributed by atoms with Gasteiger partial charge in [-0.25, -0.2) is 8.42 Å². The number of carboxylic acid groups (broad SMARTS) is 1. The lowest BCUT2D eigenvalue weighted by Crippen LogP contribution is -2.46. The molecule has 1 aliphatic heterocycles. The van der Waals surface area contributed by atoms with Gasteiger partial charge in [0, 0.05) is 31.4 Å². The average Bonchev–Trinajstić information content (AvgIpc) is 2.55. The van der Waals surface area contributed by atoms with Crippen LogP contribution in [0.5, 0.6) is 0 Å². The van der Waals surface area contributed by atoms with Crippen LogP contribution in [-0.2, 0) is 19.6 Å². The minimum Gasteiger partial charge on any atom is -0.480 e. The van der Waals surface area contributed by atoms with Crippen LogP contribution in [0.4, 0.5) is 0 Å². The molecule has 0 aromatic carbocycles. The molecule has 8 nitrogen and oxygen atoms in total. The van der Waals surface area contributed by atoms with Crippen LogP contribution in [0.1, 0.15) is 19.8 Å². The number of carbonyl (C=O) groups is 2. The number of nitrogens with one attached hydrogen (secondary N) is 1. The van der Waals surface area contributed by atoms with Gasteiger partial charge in [0.25, 0.3) is 0 Å². The van der Waals surface area contributed by atoms with Gasteiger partial charge in [0.15, 0.2) is 0 Å². The average molecular weight is 341 g/mol. The molecular weight excluding hydrogens is 322 g/mol. The molecule has 1 amide bonds. The molecule has 1 unspecified atom stereocenters. The number of amides is 1. The van der Waals surface area contributed by atoms with Gasteiger partial charge in [0.1, 0.15) is 10.9 Å². The van der Waals surface area contributed by atoms with Gasteiger partial charge < -0.3 is 10.4 Å². The molecule has 0 spiro atoms. The third kappa shape index (κ3) is 4.05. The SMILES string of the molecule is CC(NC(=O)C1CCN(S(=O)(=O)c2cccnc2)CC1)C(=O)O. The second-order valence-corrected chi connectivity index (χ2v) is 7.37. The zero-order valence-corrected chi connectivity index (χ0v) is 13.5. The van der Waals surface area contributed by atoms with Crippen LogP contribution in [0.3, 0.4) is 0 Å². The molecular formula is C14H19N3O5S. The Balaban J connectivity index is 1.96. The fraction of sp³-hybridized carbons (Fsp3) is 0.500. The van der Waals surface area contributed by atoms with Gasteiger partial charge in [-0.1, -0.05) is 0 Å². The number of aliphatic carboxylic acids is 1. The Labute approximate surface area is 134 Å². The van der Waals surface area contributed by atoms with E-state index in [9.17, 15) is 18.0 Å². The maximum atomic E-state index is 12.4. The van der Waals surface area contributed by atoms with Crippen molar-refractivity contribution in [3.05, 3.63) is 24.5 Å². The van der Waals surface area contributed by atoms with Crippen molar-refractivity contribution < 1.29 is 23.1 Å². The van der Waals surface area contributed by atoms with E-state index in [2.05, 4.69) is 10.3 Å². The maximum Gasteiger partial charge on any atom is 0.325 e. The third-order valence-electron chi connectivity index (χ3n) is 3.83. The summed E-state index contributed by atoms with van der Waals surface area (Å²) in [4.78, 5) is 26.7. The van der Waals surface area contributed by atoms with Crippen molar-refractivity contribution in [3.8, 4) is 0 Å². The fourth-order valence-electron chi connectivity index (χ4n) is 2.40. The normalized spacial score (nSPS) is 18.3. The first kappa shape index (κ1) is 17.4. The molecule has 1 aromatic heterocycles. The van der Waals surface area contributed by atoms with Gasteiger partial charge in [-0.3, -0.25) is 14.6 Å². The summed E-state index contributed by atoms with van der Waals surface area (Å²) in [6, 6.07) is 2.08. The number of carbonyl (C=O) groups excluding carboxylic acids is 1. The van der Waals surface area contributed by atoms with Crippen LogP contribution in [0.15, 0.2) is 29.4 Å². The molecule has 9 heteroatoms. The van der Waals surface area contributed by atoms with Gasteiger partial charge in [0.2, 0.25) is 15.9 Å². The minimum absolute atomic E-state index is 0.127. The Kier molecular flexibility index (Phi) is 5.32. The quantitative estimate of drug-likeness (QED) is 0.783. The number of pyridine rings is 1. The summed E-state index contributed by atoms with van der Waals surface area (Å²) in [5, 5.41) is 11.2. The largest absolute Gasteiger partial charge is 0.480 e. The highest BCUT2D eigenvalue weighted by atomic mass is 32.2. The summed E-state index contributed by atoms with van der Waals surface area (Å²) in [5.41, 5.74) is 0. The van der Waals surface area contributed by atoms with Crippen molar-refractivity contribution in [3.63, 3.8) is 0 Å². The van der Waals surface area contributed by atoms with Crippen molar-refractivity contribution in [2.75, 3.05) is 13.1 Å². The van der Waals surface area contributed by atoms with Crippen molar-refractivity contribution >= 4 is 21.9 Å². The highest BCUT2D eigenvalue weighted by Gasteiger charge is 2.32. The number of rotatable bonds is 5. The summed E-state index contributed by atoms with van der Waals surface area (Å²) in [6.45, 7) is 1.83. The smallest absolute Gasteiger partial charge is 0.325 e. The zero-order valence-electron chi connectivity index (χ0n) is 12.7. The molecule has 126 valence electrons. The van der Waals surface area contributed by atoms with Gasteiger partial charge in [-0.05, 0) is 31.9 Å². The minimum atomic E-state index is -3.60. The number of piperidine rings is 1. The van der Waals surface area contributed by atoms with Crippen LogP contribution in [-0.4, -0.2) is 53.8 Å². The molecule has 1 saturated heterocycles. The van der Waals surface area contributed by atoms with Crippen molar-refractivity contribution in [2.45, 2.75) is 30.7 Å². The lowest BCUT2D eigenvalue weighted by molar-refractivity contribution is -0.142. The standard InChI is InChI=1S/C14H19N3O5S/c1-10(14(19)20)16-13(18)11-4-7-17(8-5-11)23(21,22)12-3-2-6-15-9-12/h2-3,6,9-11H,4-5,7-8H2,1H3,(H,16,18)(H,19,20). The molecule has 2 rings (SSSR count). The number of sulfonamides is 1. The molecule has 1 fully saturated rings. The van der Waals surface area contributed by atoms with E-state index in [1.807, 2.05) is 0 Å². The molecule has 0 radical (unpaired) electrons. The number of nitrogens with zero attached hydrogens (tertiary/aromatic N) is 2. The molecule has 0 saturated carbocycles. The molecule has 23 heavy (non-hydrogen) atoms. The highest BCUT2D eigenvalue weighted by Crippen LogP contribution is 2.23. The summed E-state index contributed by atoms with van der Waals surface area (Å²) < 4.78 is 26.2. The molecule has 1 atom stereocenters. The van der Waals surface area contributed by atoms with Crippen molar-refractivity contribution in [2.24, 2.45) is 5.92 Å². The first-order chi connectivity index (χ1) is 10.8. The van der Waals surface area contributed by atoms with Crippen LogP contribution >= 0.6 is 0 Å². The summed E-state index contributed by atoms with van der Waals surface area (Å²) in [7, 11) is -3.60. The van der Waals surface area contributed by atoms with Crippen LogP contribution in [0.2, 0.25) is 0 Å². The van der Waals surface area contributed by atoms with E-state index in [-0.39, 0.29) is 29.8 Å². The zero-order chi connectivity index (χ0) is 17.0. The summed E-state index contributed by atoms with van der Waals surface area (Å²) >= 11 is 0. The second kappa shape index (κ2) is 7.05. The lowest BCUT2D eigenvalue weighted by atomic mass is 9.97. The van der Waals surface area contributed by atoms with Crippen LogP contribution in [0, 0.1) is 5.92 Å². The van der Waals surface area contributed by atoms with Crippen LogP contribution < -0.4 is 5.32 Å². The molecule has 0 bridgehead atoms. The van der Waals surface area contributed by atoms with E-state index < -0.39 is 22.0 Å². The van der Waals surface area contributed by atoms with Gasteiger partial charge in [0.05, 0.1) is 0 Å². The van der Waals surface area contributed by atoms with E-state index in [0.29, 0.717) is 12.8 Å². The third-order valence-corrected chi connectivity index (χ3v) is 5.71. The second-order valence-electron chi connectivity index (χ2n) is 5.44. The molecule has 2 N–H and O–H groups in total. The van der Waals surface area contributed by atoms with Gasteiger partial charge in [-0.15, -0.1) is 0 Å². The number of hydrogen-bond acceptors (Lipinski definition) is 5. The monoisotopic (exact) mass is 341 g/mol. The van der Waals surface area contributed by atoms with E-state index in [4.69, 9.17) is 5.11 Å². The lowest BCUT2D eigenvalue weighted by Gasteiger charge is -2.30. The molecule has 2 heterocycles. The number of carboxylic acids is 1. The number of hydrogen-bond donors (Lipinski definition) is 2. The first-order valence-electron chi connectivity index (χ1n) is 7.25.